The number of para-hydroxylation sites is 1. The second-order valence-corrected chi connectivity index (χ2v) is 4.69. The molecule has 1 aromatic carbocycles. The number of hydrogen-bond acceptors (Lipinski definition) is 5. The number of ether oxygens (including phenoxy) is 1. The molecule has 2 aromatic rings. The van der Waals surface area contributed by atoms with Crippen molar-refractivity contribution in [3.63, 3.8) is 0 Å². The highest BCUT2D eigenvalue weighted by atomic mass is 16.5. The minimum absolute atomic E-state index is 0.243. The molecule has 22 heavy (non-hydrogen) atoms. The van der Waals surface area contributed by atoms with E-state index in [4.69, 9.17) is 4.74 Å². The van der Waals surface area contributed by atoms with Gasteiger partial charge in [0, 0.05) is 24.8 Å². The van der Waals surface area contributed by atoms with Crippen LogP contribution in [0.2, 0.25) is 0 Å². The summed E-state index contributed by atoms with van der Waals surface area (Å²) in [6.45, 7) is 3.20. The van der Waals surface area contributed by atoms with Gasteiger partial charge in [0.25, 0.3) is 5.91 Å². The number of carbonyl (C=O) groups excluding carboxylic acids is 1. The van der Waals surface area contributed by atoms with Crippen LogP contribution in [-0.4, -0.2) is 29.5 Å². The zero-order valence-corrected chi connectivity index (χ0v) is 12.8. The maximum Gasteiger partial charge on any atom is 0.270 e. The van der Waals surface area contributed by atoms with Crippen LogP contribution in [0.4, 0.5) is 5.95 Å². The summed E-state index contributed by atoms with van der Waals surface area (Å²) in [7, 11) is 1.61. The van der Waals surface area contributed by atoms with Gasteiger partial charge in [-0.2, -0.15) is 0 Å². The van der Waals surface area contributed by atoms with E-state index in [1.54, 1.807) is 19.4 Å². The summed E-state index contributed by atoms with van der Waals surface area (Å²) in [4.78, 5) is 20.5. The van der Waals surface area contributed by atoms with E-state index in [2.05, 4.69) is 27.5 Å². The number of benzene rings is 1. The monoisotopic (exact) mass is 300 g/mol. The predicted molar refractivity (Wildman–Crippen MR) is 85.0 cm³/mol. The molecule has 0 aliphatic rings. The topological polar surface area (TPSA) is 76.1 Å². The van der Waals surface area contributed by atoms with Crippen molar-refractivity contribution in [1.29, 1.82) is 0 Å². The number of amides is 1. The van der Waals surface area contributed by atoms with Gasteiger partial charge in [0.2, 0.25) is 5.95 Å². The van der Waals surface area contributed by atoms with E-state index in [1.807, 2.05) is 24.3 Å². The number of nitrogens with one attached hydrogen (secondary N) is 2. The highest BCUT2D eigenvalue weighted by Crippen LogP contribution is 2.16. The van der Waals surface area contributed by atoms with Gasteiger partial charge >= 0.3 is 0 Å². The molecule has 0 saturated carbocycles. The average Bonchev–Trinajstić information content (AvgIpc) is 2.58. The van der Waals surface area contributed by atoms with E-state index >= 15 is 0 Å². The normalized spacial score (nSPS) is 10.1. The molecule has 0 saturated heterocycles. The maximum atomic E-state index is 12.2. The lowest BCUT2D eigenvalue weighted by atomic mass is 10.2. The van der Waals surface area contributed by atoms with Crippen LogP contribution in [0.15, 0.2) is 36.5 Å². The van der Waals surface area contributed by atoms with Crippen LogP contribution in [0.3, 0.4) is 0 Å². The van der Waals surface area contributed by atoms with Gasteiger partial charge < -0.3 is 15.4 Å². The van der Waals surface area contributed by atoms with Gasteiger partial charge in [0.05, 0.1) is 7.11 Å². The van der Waals surface area contributed by atoms with Gasteiger partial charge in [-0.05, 0) is 18.6 Å². The Morgan fingerprint density at radius 3 is 2.86 bits per heavy atom. The number of carbonyl (C=O) groups is 1. The maximum absolute atomic E-state index is 12.2. The Labute approximate surface area is 129 Å². The lowest BCUT2D eigenvalue weighted by Crippen LogP contribution is -2.24. The van der Waals surface area contributed by atoms with Crippen molar-refractivity contribution in [2.45, 2.75) is 19.9 Å². The fraction of sp³-hybridized carbons (Fsp3) is 0.312. The second-order valence-electron chi connectivity index (χ2n) is 4.69. The Balaban J connectivity index is 2.00. The Morgan fingerprint density at radius 1 is 1.27 bits per heavy atom. The minimum atomic E-state index is -0.243. The SMILES string of the molecule is CCCNc1nccc(C(=O)NCc2ccccc2OC)n1. The van der Waals surface area contributed by atoms with Crippen molar-refractivity contribution in [2.24, 2.45) is 0 Å². The highest BCUT2D eigenvalue weighted by molar-refractivity contribution is 5.92. The molecular formula is C16H20N4O2. The third kappa shape index (κ3) is 4.18. The standard InChI is InChI=1S/C16H20N4O2/c1-3-9-17-16-18-10-8-13(20-16)15(21)19-11-12-6-4-5-7-14(12)22-2/h4-8,10H,3,9,11H2,1-2H3,(H,19,21)(H,17,18,20). The first-order valence-corrected chi connectivity index (χ1v) is 7.21. The molecule has 0 aliphatic heterocycles. The molecule has 6 nitrogen and oxygen atoms in total. The van der Waals surface area contributed by atoms with Gasteiger partial charge in [-0.1, -0.05) is 25.1 Å². The summed E-state index contributed by atoms with van der Waals surface area (Å²) < 4.78 is 5.26. The summed E-state index contributed by atoms with van der Waals surface area (Å²) in [6, 6.07) is 9.16. The Hall–Kier alpha value is -2.63. The van der Waals surface area contributed by atoms with Gasteiger partial charge in [-0.15, -0.1) is 0 Å². The molecule has 0 unspecified atom stereocenters. The molecule has 0 radical (unpaired) electrons. The summed E-state index contributed by atoms with van der Waals surface area (Å²) in [5.74, 6) is 0.968. The van der Waals surface area contributed by atoms with Crippen molar-refractivity contribution >= 4 is 11.9 Å². The van der Waals surface area contributed by atoms with Gasteiger partial charge in [-0.3, -0.25) is 4.79 Å². The van der Waals surface area contributed by atoms with Crippen LogP contribution in [-0.2, 0) is 6.54 Å². The van der Waals surface area contributed by atoms with Crippen molar-refractivity contribution in [2.75, 3.05) is 19.0 Å². The Bertz CT molecular complexity index is 631. The molecular weight excluding hydrogens is 280 g/mol. The van der Waals surface area contributed by atoms with Crippen LogP contribution in [0.5, 0.6) is 5.75 Å². The number of hydrogen-bond donors (Lipinski definition) is 2. The molecule has 2 rings (SSSR count). The fourth-order valence-corrected chi connectivity index (χ4v) is 1.92. The molecule has 6 heteroatoms. The second kappa shape index (κ2) is 7.97. The number of anilines is 1. The Morgan fingerprint density at radius 2 is 2.09 bits per heavy atom. The van der Waals surface area contributed by atoms with E-state index in [9.17, 15) is 4.79 Å². The smallest absolute Gasteiger partial charge is 0.270 e. The lowest BCUT2D eigenvalue weighted by Gasteiger charge is -2.09. The quantitative estimate of drug-likeness (QED) is 0.820. The van der Waals surface area contributed by atoms with E-state index in [1.165, 1.54) is 0 Å². The van der Waals surface area contributed by atoms with Crippen LogP contribution in [0.1, 0.15) is 29.4 Å². The van der Waals surface area contributed by atoms with Crippen LogP contribution in [0.25, 0.3) is 0 Å². The van der Waals surface area contributed by atoms with Crippen LogP contribution >= 0.6 is 0 Å². The van der Waals surface area contributed by atoms with Gasteiger partial charge in [0.15, 0.2) is 0 Å². The first-order chi connectivity index (χ1) is 10.7. The lowest BCUT2D eigenvalue weighted by molar-refractivity contribution is 0.0945. The average molecular weight is 300 g/mol. The number of rotatable bonds is 7. The van der Waals surface area contributed by atoms with Gasteiger partial charge in [0.1, 0.15) is 11.4 Å². The van der Waals surface area contributed by atoms with E-state index in [0.29, 0.717) is 18.2 Å². The first kappa shape index (κ1) is 15.8. The fourth-order valence-electron chi connectivity index (χ4n) is 1.92. The molecule has 1 aromatic heterocycles. The minimum Gasteiger partial charge on any atom is -0.496 e. The largest absolute Gasteiger partial charge is 0.496 e. The van der Waals surface area contributed by atoms with Crippen molar-refractivity contribution < 1.29 is 9.53 Å². The zero-order valence-electron chi connectivity index (χ0n) is 12.8. The molecule has 116 valence electrons. The molecule has 2 N–H and O–H groups in total. The summed E-state index contributed by atoms with van der Waals surface area (Å²) in [6.07, 6.45) is 2.54. The van der Waals surface area contributed by atoms with Crippen molar-refractivity contribution in [3.05, 3.63) is 47.8 Å². The molecule has 1 heterocycles. The van der Waals surface area contributed by atoms with Crippen molar-refractivity contribution in [3.8, 4) is 5.75 Å². The third-order valence-corrected chi connectivity index (χ3v) is 3.05. The number of nitrogens with zero attached hydrogens (tertiary/aromatic N) is 2. The first-order valence-electron chi connectivity index (χ1n) is 7.21. The van der Waals surface area contributed by atoms with Crippen LogP contribution in [0, 0.1) is 0 Å². The van der Waals surface area contributed by atoms with E-state index in [-0.39, 0.29) is 5.91 Å². The molecule has 0 fully saturated rings. The predicted octanol–water partition coefficient (Wildman–Crippen LogP) is 2.24. The highest BCUT2D eigenvalue weighted by Gasteiger charge is 2.09. The number of methoxy groups -OCH3 is 1. The summed E-state index contributed by atoms with van der Waals surface area (Å²) >= 11 is 0. The molecule has 0 bridgehead atoms. The van der Waals surface area contributed by atoms with Gasteiger partial charge in [-0.25, -0.2) is 9.97 Å². The third-order valence-electron chi connectivity index (χ3n) is 3.05. The van der Waals surface area contributed by atoms with E-state index < -0.39 is 0 Å². The van der Waals surface area contributed by atoms with Crippen molar-refractivity contribution in [1.82, 2.24) is 15.3 Å². The number of aromatic nitrogens is 2. The molecule has 0 atom stereocenters. The van der Waals surface area contributed by atoms with E-state index in [0.717, 1.165) is 24.3 Å². The summed E-state index contributed by atoms with van der Waals surface area (Å²) in [5, 5.41) is 5.90. The molecule has 0 aliphatic carbocycles. The summed E-state index contributed by atoms with van der Waals surface area (Å²) in [5.41, 5.74) is 1.25. The Kier molecular flexibility index (Phi) is 5.71. The molecule has 1 amide bonds. The molecule has 0 spiro atoms. The van der Waals surface area contributed by atoms with Crippen LogP contribution < -0.4 is 15.4 Å². The zero-order chi connectivity index (χ0) is 15.8.